The van der Waals surface area contributed by atoms with Crippen molar-refractivity contribution in [3.63, 3.8) is 0 Å². The largest absolute Gasteiger partial charge is 0.456 e. The van der Waals surface area contributed by atoms with Gasteiger partial charge >= 0.3 is 11.7 Å². The van der Waals surface area contributed by atoms with Crippen molar-refractivity contribution < 1.29 is 18.8 Å². The second-order valence-corrected chi connectivity index (χ2v) is 3.35. The van der Waals surface area contributed by atoms with Gasteiger partial charge in [0.2, 0.25) is 5.82 Å². The molecule has 0 saturated heterocycles. The zero-order chi connectivity index (χ0) is 13.7. The van der Waals surface area contributed by atoms with E-state index in [4.69, 9.17) is 0 Å². The number of nitro groups is 1. The minimum Gasteiger partial charge on any atom is -0.456 e. The first-order valence-corrected chi connectivity index (χ1v) is 5.09. The van der Waals surface area contributed by atoms with Crippen molar-refractivity contribution in [2.45, 2.75) is 13.8 Å². The number of halogens is 1. The number of aryl methyl sites for hydroxylation is 1. The molecule has 0 heterocycles. The molecular weight excluding hydrogens is 241 g/mol. The molecule has 0 unspecified atom stereocenters. The molecule has 1 aromatic rings. The summed E-state index contributed by atoms with van der Waals surface area (Å²) in [5.74, 6) is 2.87. The fourth-order valence-corrected chi connectivity index (χ4v) is 1.23. The molecule has 0 aromatic heterocycles. The number of hydrogen-bond donors (Lipinski definition) is 0. The van der Waals surface area contributed by atoms with Gasteiger partial charge in [-0.25, -0.2) is 4.79 Å². The van der Waals surface area contributed by atoms with Crippen molar-refractivity contribution in [3.05, 3.63) is 39.2 Å². The van der Waals surface area contributed by atoms with Gasteiger partial charge in [-0.15, -0.1) is 0 Å². The Morgan fingerprint density at radius 1 is 1.56 bits per heavy atom. The maximum absolute atomic E-state index is 13.3. The summed E-state index contributed by atoms with van der Waals surface area (Å²) < 4.78 is 17.9. The number of ether oxygens (including phenoxy) is 1. The molecule has 0 saturated carbocycles. The molecule has 0 aliphatic heterocycles. The molecule has 0 fully saturated rings. The number of rotatable bonds is 2. The van der Waals surface area contributed by atoms with Crippen LogP contribution in [0.25, 0.3) is 0 Å². The van der Waals surface area contributed by atoms with Crippen LogP contribution in [0, 0.1) is 34.7 Å². The first-order chi connectivity index (χ1) is 8.45. The topological polar surface area (TPSA) is 69.4 Å². The Labute approximate surface area is 103 Å². The van der Waals surface area contributed by atoms with Gasteiger partial charge in [-0.1, -0.05) is 5.92 Å². The summed E-state index contributed by atoms with van der Waals surface area (Å²) >= 11 is 0. The molecule has 1 rings (SSSR count). The van der Waals surface area contributed by atoms with Crippen LogP contribution in [0.5, 0.6) is 0 Å². The summed E-state index contributed by atoms with van der Waals surface area (Å²) in [5, 5.41) is 10.5. The molecule has 0 aliphatic carbocycles. The molecule has 18 heavy (non-hydrogen) atoms. The van der Waals surface area contributed by atoms with E-state index in [1.807, 2.05) is 0 Å². The molecule has 5 nitrogen and oxygen atoms in total. The van der Waals surface area contributed by atoms with Crippen LogP contribution in [-0.2, 0) is 9.53 Å². The minimum atomic E-state index is -0.987. The van der Waals surface area contributed by atoms with E-state index in [0.29, 0.717) is 5.56 Å². The van der Waals surface area contributed by atoms with Crippen LogP contribution in [0.4, 0.5) is 10.1 Å². The smallest absolute Gasteiger partial charge is 0.384 e. The van der Waals surface area contributed by atoms with Gasteiger partial charge in [0.15, 0.2) is 0 Å². The summed E-state index contributed by atoms with van der Waals surface area (Å²) in [4.78, 5) is 20.7. The fourth-order valence-electron chi connectivity index (χ4n) is 1.23. The monoisotopic (exact) mass is 251 g/mol. The van der Waals surface area contributed by atoms with Crippen molar-refractivity contribution in [2.75, 3.05) is 6.61 Å². The molecule has 1 aromatic carbocycles. The average molecular weight is 251 g/mol. The Hall–Kier alpha value is -2.42. The van der Waals surface area contributed by atoms with Gasteiger partial charge in [0.1, 0.15) is 0 Å². The van der Waals surface area contributed by atoms with E-state index in [9.17, 15) is 19.3 Å². The first kappa shape index (κ1) is 13.6. The standard InChI is InChI=1S/C12H10FNO4/c1-3-18-12(15)5-4-9-7-10(13)11(14(16)17)6-8(9)2/h6-7H,3H2,1-2H3. The maximum atomic E-state index is 13.3. The van der Waals surface area contributed by atoms with Crippen LogP contribution < -0.4 is 0 Å². The maximum Gasteiger partial charge on any atom is 0.384 e. The molecule has 0 N–H and O–H groups in total. The third kappa shape index (κ3) is 3.28. The number of carbonyl (C=O) groups excluding carboxylic acids is 1. The van der Waals surface area contributed by atoms with E-state index >= 15 is 0 Å². The number of hydrogen-bond acceptors (Lipinski definition) is 4. The van der Waals surface area contributed by atoms with Crippen LogP contribution in [-0.4, -0.2) is 17.5 Å². The Bertz CT molecular complexity index is 557. The van der Waals surface area contributed by atoms with Crippen LogP contribution in [0.2, 0.25) is 0 Å². The van der Waals surface area contributed by atoms with Crippen LogP contribution in [0.3, 0.4) is 0 Å². The lowest BCUT2D eigenvalue weighted by atomic mass is 10.1. The lowest BCUT2D eigenvalue weighted by Crippen LogP contribution is -2.00. The molecule has 0 amide bonds. The zero-order valence-corrected chi connectivity index (χ0v) is 9.82. The molecule has 0 bridgehead atoms. The van der Waals surface area contributed by atoms with Gasteiger partial charge in [-0.2, -0.15) is 4.39 Å². The van der Waals surface area contributed by atoms with E-state index in [2.05, 4.69) is 16.6 Å². The SMILES string of the molecule is CCOC(=O)C#Cc1cc(F)c([N+](=O)[O-])cc1C. The fraction of sp³-hybridized carbons (Fsp3) is 0.250. The highest BCUT2D eigenvalue weighted by Gasteiger charge is 2.15. The van der Waals surface area contributed by atoms with Crippen molar-refractivity contribution in [1.82, 2.24) is 0 Å². The van der Waals surface area contributed by atoms with Gasteiger partial charge in [0, 0.05) is 17.6 Å². The Kier molecular flexibility index (Phi) is 4.38. The summed E-state index contributed by atoms with van der Waals surface area (Å²) in [6.45, 7) is 3.37. The quantitative estimate of drug-likeness (QED) is 0.348. The van der Waals surface area contributed by atoms with Crippen LogP contribution in [0.1, 0.15) is 18.1 Å². The number of esters is 1. The van der Waals surface area contributed by atoms with Gasteiger partial charge in [0.05, 0.1) is 11.5 Å². The predicted molar refractivity (Wildman–Crippen MR) is 61.3 cm³/mol. The van der Waals surface area contributed by atoms with Crippen molar-refractivity contribution in [3.8, 4) is 11.8 Å². The van der Waals surface area contributed by atoms with Crippen molar-refractivity contribution in [2.24, 2.45) is 0 Å². The average Bonchev–Trinajstić information content (AvgIpc) is 2.29. The van der Waals surface area contributed by atoms with Crippen molar-refractivity contribution in [1.29, 1.82) is 0 Å². The summed E-state index contributed by atoms with van der Waals surface area (Å²) in [5.41, 5.74) is 0.0141. The summed E-state index contributed by atoms with van der Waals surface area (Å²) in [6, 6.07) is 2.00. The molecule has 0 aliphatic rings. The van der Waals surface area contributed by atoms with Crippen LogP contribution >= 0.6 is 0 Å². The third-order valence-corrected chi connectivity index (χ3v) is 2.07. The van der Waals surface area contributed by atoms with Gasteiger partial charge in [-0.05, 0) is 25.5 Å². The van der Waals surface area contributed by atoms with Gasteiger partial charge in [-0.3, -0.25) is 10.1 Å². The van der Waals surface area contributed by atoms with Gasteiger partial charge < -0.3 is 4.74 Å². The highest BCUT2D eigenvalue weighted by atomic mass is 19.1. The lowest BCUT2D eigenvalue weighted by Gasteiger charge is -1.99. The Balaban J connectivity index is 3.09. The Morgan fingerprint density at radius 3 is 2.78 bits per heavy atom. The minimum absolute atomic E-state index is 0.196. The lowest BCUT2D eigenvalue weighted by molar-refractivity contribution is -0.387. The molecule has 0 radical (unpaired) electrons. The van der Waals surface area contributed by atoms with E-state index in [1.165, 1.54) is 0 Å². The van der Waals surface area contributed by atoms with Gasteiger partial charge in [0.25, 0.3) is 0 Å². The number of benzene rings is 1. The molecule has 0 spiro atoms. The van der Waals surface area contributed by atoms with E-state index in [0.717, 1.165) is 12.1 Å². The van der Waals surface area contributed by atoms with Crippen LogP contribution in [0.15, 0.2) is 12.1 Å². The van der Waals surface area contributed by atoms with E-state index < -0.39 is 22.4 Å². The van der Waals surface area contributed by atoms with E-state index in [1.54, 1.807) is 13.8 Å². The molecule has 6 heteroatoms. The second kappa shape index (κ2) is 5.77. The summed E-state index contributed by atoms with van der Waals surface area (Å²) in [6.07, 6.45) is 0. The predicted octanol–water partition coefficient (Wildman–Crippen LogP) is 1.96. The first-order valence-electron chi connectivity index (χ1n) is 5.09. The molecule has 0 atom stereocenters. The number of nitro benzene ring substituents is 1. The van der Waals surface area contributed by atoms with E-state index in [-0.39, 0.29) is 12.2 Å². The second-order valence-electron chi connectivity index (χ2n) is 3.35. The highest BCUT2D eigenvalue weighted by Crippen LogP contribution is 2.21. The Morgan fingerprint density at radius 2 is 2.22 bits per heavy atom. The zero-order valence-electron chi connectivity index (χ0n) is 9.82. The normalized spacial score (nSPS) is 9.28. The number of carbonyl (C=O) groups is 1. The number of nitrogens with zero attached hydrogens (tertiary/aromatic N) is 1. The third-order valence-electron chi connectivity index (χ3n) is 2.07. The molecule has 94 valence electrons. The highest BCUT2D eigenvalue weighted by molar-refractivity contribution is 5.89. The van der Waals surface area contributed by atoms with Crippen molar-refractivity contribution >= 4 is 11.7 Å². The molecular formula is C12H10FNO4. The summed E-state index contributed by atoms with van der Waals surface area (Å²) in [7, 11) is 0.